The maximum absolute atomic E-state index is 11.8. The highest BCUT2D eigenvalue weighted by molar-refractivity contribution is 9.10. The molecule has 0 aliphatic rings. The summed E-state index contributed by atoms with van der Waals surface area (Å²) in [5, 5.41) is 2.61. The third kappa shape index (κ3) is 3.84. The van der Waals surface area contributed by atoms with Gasteiger partial charge in [0.05, 0.1) is 6.54 Å². The van der Waals surface area contributed by atoms with Crippen LogP contribution < -0.4 is 5.32 Å². The second kappa shape index (κ2) is 6.54. The van der Waals surface area contributed by atoms with Crippen LogP contribution in [0.4, 0.5) is 0 Å². The van der Waals surface area contributed by atoms with Crippen LogP contribution in [0, 0.1) is 6.92 Å². The van der Waals surface area contributed by atoms with E-state index >= 15 is 0 Å². The molecule has 2 amide bonds. The first-order chi connectivity index (χ1) is 8.45. The summed E-state index contributed by atoms with van der Waals surface area (Å²) in [6, 6.07) is 5.35. The van der Waals surface area contributed by atoms with Gasteiger partial charge in [0.25, 0.3) is 5.91 Å². The van der Waals surface area contributed by atoms with E-state index in [1.54, 1.807) is 24.1 Å². The highest BCUT2D eigenvalue weighted by Crippen LogP contribution is 2.17. The number of amides is 2. The number of hydrogen-bond acceptors (Lipinski definition) is 2. The quantitative estimate of drug-likeness (QED) is 0.924. The molecule has 0 bridgehead atoms. The van der Waals surface area contributed by atoms with E-state index < -0.39 is 0 Å². The summed E-state index contributed by atoms with van der Waals surface area (Å²) in [7, 11) is 1.71. The van der Waals surface area contributed by atoms with Crippen LogP contribution in [-0.4, -0.2) is 36.9 Å². The summed E-state index contributed by atoms with van der Waals surface area (Å²) in [6.07, 6.45) is 0. The molecular weight excluding hydrogens is 296 g/mol. The van der Waals surface area contributed by atoms with Crippen molar-refractivity contribution in [3.63, 3.8) is 0 Å². The van der Waals surface area contributed by atoms with Gasteiger partial charge < -0.3 is 10.2 Å². The Hall–Kier alpha value is -1.36. The van der Waals surface area contributed by atoms with E-state index in [2.05, 4.69) is 21.2 Å². The Morgan fingerprint density at radius 1 is 1.39 bits per heavy atom. The molecule has 1 N–H and O–H groups in total. The van der Waals surface area contributed by atoms with Crippen molar-refractivity contribution in [1.82, 2.24) is 10.2 Å². The van der Waals surface area contributed by atoms with E-state index in [-0.39, 0.29) is 18.4 Å². The number of nitrogens with zero attached hydrogens (tertiary/aromatic N) is 1. The Labute approximate surface area is 115 Å². The number of carbonyl (C=O) groups excluding carboxylic acids is 2. The molecule has 0 aliphatic heterocycles. The Kier molecular flexibility index (Phi) is 5.34. The van der Waals surface area contributed by atoms with Crippen molar-refractivity contribution < 1.29 is 9.59 Å². The first-order valence-corrected chi connectivity index (χ1v) is 6.53. The van der Waals surface area contributed by atoms with Crippen LogP contribution in [-0.2, 0) is 4.79 Å². The van der Waals surface area contributed by atoms with Gasteiger partial charge >= 0.3 is 0 Å². The van der Waals surface area contributed by atoms with E-state index in [0.29, 0.717) is 12.1 Å². The summed E-state index contributed by atoms with van der Waals surface area (Å²) in [5.41, 5.74) is 1.60. The first kappa shape index (κ1) is 14.7. The molecule has 0 aromatic heterocycles. The molecular formula is C13H17BrN2O2. The molecule has 0 aliphatic carbocycles. The van der Waals surface area contributed by atoms with E-state index in [1.807, 2.05) is 19.9 Å². The van der Waals surface area contributed by atoms with Gasteiger partial charge in [-0.2, -0.15) is 0 Å². The molecule has 1 aromatic rings. The lowest BCUT2D eigenvalue weighted by molar-refractivity contribution is -0.128. The van der Waals surface area contributed by atoms with Crippen molar-refractivity contribution in [2.45, 2.75) is 13.8 Å². The molecule has 1 rings (SSSR count). The number of carbonyl (C=O) groups is 2. The molecule has 4 nitrogen and oxygen atoms in total. The van der Waals surface area contributed by atoms with Gasteiger partial charge in [-0.3, -0.25) is 9.59 Å². The average Bonchev–Trinajstić information content (AvgIpc) is 2.37. The standard InChI is InChI=1S/C13H17BrN2O2/c1-4-16(3)12(17)8-15-13(18)10-6-5-9(2)11(14)7-10/h5-7H,4,8H2,1-3H3,(H,15,18). The minimum absolute atomic E-state index is 0.0225. The highest BCUT2D eigenvalue weighted by Gasteiger charge is 2.11. The summed E-state index contributed by atoms with van der Waals surface area (Å²) in [5.74, 6) is -0.342. The predicted molar refractivity (Wildman–Crippen MR) is 74.5 cm³/mol. The van der Waals surface area contributed by atoms with Crippen LogP contribution in [0.1, 0.15) is 22.8 Å². The summed E-state index contributed by atoms with van der Waals surface area (Å²) in [6.45, 7) is 4.49. The number of nitrogens with one attached hydrogen (secondary N) is 1. The zero-order valence-corrected chi connectivity index (χ0v) is 12.4. The van der Waals surface area contributed by atoms with Crippen LogP contribution in [0.3, 0.4) is 0 Å². The van der Waals surface area contributed by atoms with Gasteiger partial charge in [-0.15, -0.1) is 0 Å². The lowest BCUT2D eigenvalue weighted by atomic mass is 10.1. The van der Waals surface area contributed by atoms with E-state index in [0.717, 1.165) is 10.0 Å². The normalized spacial score (nSPS) is 10.0. The van der Waals surface area contributed by atoms with Crippen LogP contribution in [0.2, 0.25) is 0 Å². The zero-order chi connectivity index (χ0) is 13.7. The van der Waals surface area contributed by atoms with Gasteiger partial charge in [0, 0.05) is 23.6 Å². The predicted octanol–water partition coefficient (Wildman–Crippen LogP) is 1.97. The van der Waals surface area contributed by atoms with Gasteiger partial charge in [-0.25, -0.2) is 0 Å². The second-order valence-electron chi connectivity index (χ2n) is 4.05. The Balaban J connectivity index is 2.60. The summed E-state index contributed by atoms with van der Waals surface area (Å²) < 4.78 is 0.882. The second-order valence-corrected chi connectivity index (χ2v) is 4.91. The molecule has 0 unspecified atom stereocenters. The van der Waals surface area contributed by atoms with E-state index in [9.17, 15) is 9.59 Å². The van der Waals surface area contributed by atoms with Crippen molar-refractivity contribution in [1.29, 1.82) is 0 Å². The molecule has 0 saturated carbocycles. The van der Waals surface area contributed by atoms with Gasteiger partial charge in [-0.1, -0.05) is 22.0 Å². The van der Waals surface area contributed by atoms with Crippen molar-refractivity contribution in [3.05, 3.63) is 33.8 Å². The monoisotopic (exact) mass is 312 g/mol. The molecule has 1 aromatic carbocycles. The molecule has 18 heavy (non-hydrogen) atoms. The molecule has 98 valence electrons. The Morgan fingerprint density at radius 3 is 2.61 bits per heavy atom. The van der Waals surface area contributed by atoms with Crippen LogP contribution in [0.5, 0.6) is 0 Å². The van der Waals surface area contributed by atoms with E-state index in [1.165, 1.54) is 0 Å². The van der Waals surface area contributed by atoms with Gasteiger partial charge in [0.15, 0.2) is 0 Å². The largest absolute Gasteiger partial charge is 0.345 e. The van der Waals surface area contributed by atoms with Crippen molar-refractivity contribution in [2.24, 2.45) is 0 Å². The Bertz CT molecular complexity index is 460. The number of hydrogen-bond donors (Lipinski definition) is 1. The SMILES string of the molecule is CCN(C)C(=O)CNC(=O)c1ccc(C)c(Br)c1. The summed E-state index contributed by atoms with van der Waals surface area (Å²) >= 11 is 3.37. The van der Waals surface area contributed by atoms with Crippen molar-refractivity contribution in [2.75, 3.05) is 20.1 Å². The smallest absolute Gasteiger partial charge is 0.251 e. The topological polar surface area (TPSA) is 49.4 Å². The molecule has 0 saturated heterocycles. The number of likely N-dealkylation sites (N-methyl/N-ethyl adjacent to an activating group) is 1. The molecule has 5 heteroatoms. The minimum atomic E-state index is -0.242. The average molecular weight is 313 g/mol. The molecule has 0 heterocycles. The first-order valence-electron chi connectivity index (χ1n) is 5.74. The lowest BCUT2D eigenvalue weighted by Gasteiger charge is -2.14. The van der Waals surface area contributed by atoms with Crippen LogP contribution in [0.25, 0.3) is 0 Å². The maximum Gasteiger partial charge on any atom is 0.251 e. The van der Waals surface area contributed by atoms with Crippen molar-refractivity contribution in [3.8, 4) is 0 Å². The van der Waals surface area contributed by atoms with Gasteiger partial charge in [0.2, 0.25) is 5.91 Å². The number of rotatable bonds is 4. The van der Waals surface area contributed by atoms with Crippen LogP contribution in [0.15, 0.2) is 22.7 Å². The fourth-order valence-electron chi connectivity index (χ4n) is 1.30. The van der Waals surface area contributed by atoms with Gasteiger partial charge in [0.1, 0.15) is 0 Å². The number of aryl methyl sites for hydroxylation is 1. The highest BCUT2D eigenvalue weighted by atomic mass is 79.9. The molecule has 0 spiro atoms. The third-order valence-electron chi connectivity index (χ3n) is 2.73. The van der Waals surface area contributed by atoms with E-state index in [4.69, 9.17) is 0 Å². The van der Waals surface area contributed by atoms with Crippen molar-refractivity contribution >= 4 is 27.7 Å². The fourth-order valence-corrected chi connectivity index (χ4v) is 1.68. The molecule has 0 radical (unpaired) electrons. The number of benzene rings is 1. The lowest BCUT2D eigenvalue weighted by Crippen LogP contribution is -2.37. The summed E-state index contributed by atoms with van der Waals surface area (Å²) in [4.78, 5) is 24.9. The fraction of sp³-hybridized carbons (Fsp3) is 0.385. The zero-order valence-electron chi connectivity index (χ0n) is 10.8. The Morgan fingerprint density at radius 2 is 2.06 bits per heavy atom. The minimum Gasteiger partial charge on any atom is -0.345 e. The molecule has 0 fully saturated rings. The number of halogens is 1. The molecule has 0 atom stereocenters. The maximum atomic E-state index is 11.8. The van der Waals surface area contributed by atoms with Crippen LogP contribution >= 0.6 is 15.9 Å². The third-order valence-corrected chi connectivity index (χ3v) is 3.59. The van der Waals surface area contributed by atoms with Gasteiger partial charge in [-0.05, 0) is 31.5 Å².